The molecule has 2 aromatic carbocycles. The predicted octanol–water partition coefficient (Wildman–Crippen LogP) is 4.75. The zero-order valence-electron chi connectivity index (χ0n) is 17.0. The zero-order chi connectivity index (χ0) is 20.1. The van der Waals surface area contributed by atoms with E-state index in [-0.39, 0.29) is 0 Å². The van der Waals surface area contributed by atoms with E-state index in [0.29, 0.717) is 12.5 Å². The summed E-state index contributed by atoms with van der Waals surface area (Å²) >= 11 is 0. The van der Waals surface area contributed by atoms with Crippen LogP contribution in [0.25, 0.3) is 0 Å². The highest BCUT2D eigenvalue weighted by molar-refractivity contribution is 5.60. The number of anilines is 4. The Hall–Kier alpha value is -3.28. The van der Waals surface area contributed by atoms with Gasteiger partial charge in [0, 0.05) is 42.8 Å². The maximum atomic E-state index is 5.20. The molecule has 29 heavy (non-hydrogen) atoms. The second-order valence-corrected chi connectivity index (χ2v) is 7.29. The lowest BCUT2D eigenvalue weighted by Gasteiger charge is -2.18. The van der Waals surface area contributed by atoms with Gasteiger partial charge < -0.3 is 20.3 Å². The Morgan fingerprint density at radius 1 is 0.966 bits per heavy atom. The van der Waals surface area contributed by atoms with Gasteiger partial charge in [0.25, 0.3) is 0 Å². The van der Waals surface area contributed by atoms with Crippen molar-refractivity contribution in [2.75, 3.05) is 35.7 Å². The van der Waals surface area contributed by atoms with E-state index in [1.54, 1.807) is 7.11 Å². The van der Waals surface area contributed by atoms with Gasteiger partial charge in [0.1, 0.15) is 11.6 Å². The van der Waals surface area contributed by atoms with Gasteiger partial charge in [0.2, 0.25) is 5.95 Å². The normalized spacial score (nSPS) is 13.4. The molecule has 4 rings (SSSR count). The molecule has 0 bridgehead atoms. The summed E-state index contributed by atoms with van der Waals surface area (Å²) in [5.74, 6) is 2.24. The number of aryl methyl sites for hydroxylation is 1. The molecule has 3 aromatic rings. The third-order valence-corrected chi connectivity index (χ3v) is 5.08. The molecule has 0 saturated carbocycles. The van der Waals surface area contributed by atoms with Crippen LogP contribution in [0.1, 0.15) is 24.1 Å². The van der Waals surface area contributed by atoms with Crippen molar-refractivity contribution in [3.05, 3.63) is 65.9 Å². The van der Waals surface area contributed by atoms with Crippen LogP contribution in [-0.4, -0.2) is 30.2 Å². The number of benzene rings is 2. The summed E-state index contributed by atoms with van der Waals surface area (Å²) in [4.78, 5) is 11.6. The highest BCUT2D eigenvalue weighted by Gasteiger charge is 2.12. The van der Waals surface area contributed by atoms with Crippen molar-refractivity contribution in [1.29, 1.82) is 0 Å². The minimum Gasteiger partial charge on any atom is -0.497 e. The number of methoxy groups -OCH3 is 1. The summed E-state index contributed by atoms with van der Waals surface area (Å²) in [7, 11) is 1.67. The highest BCUT2D eigenvalue weighted by atomic mass is 16.5. The first-order chi connectivity index (χ1) is 14.2. The van der Waals surface area contributed by atoms with Gasteiger partial charge in [-0.1, -0.05) is 12.1 Å². The molecule has 2 heterocycles. The highest BCUT2D eigenvalue weighted by Crippen LogP contribution is 2.23. The number of hydrogen-bond donors (Lipinski definition) is 2. The van der Waals surface area contributed by atoms with Crippen molar-refractivity contribution in [1.82, 2.24) is 9.97 Å². The summed E-state index contributed by atoms with van der Waals surface area (Å²) < 4.78 is 5.20. The Balaban J connectivity index is 1.40. The van der Waals surface area contributed by atoms with Crippen LogP contribution >= 0.6 is 0 Å². The number of ether oxygens (including phenoxy) is 1. The SMILES string of the molecule is COc1ccc(CNc2cc(C)nc(Nc3ccc(N4CCCC4)cc3)n2)cc1. The van der Waals surface area contributed by atoms with Crippen molar-refractivity contribution in [3.8, 4) is 5.75 Å². The maximum absolute atomic E-state index is 5.20. The van der Waals surface area contributed by atoms with Crippen molar-refractivity contribution < 1.29 is 4.74 Å². The van der Waals surface area contributed by atoms with Gasteiger partial charge in [0.15, 0.2) is 0 Å². The van der Waals surface area contributed by atoms with Gasteiger partial charge in [-0.3, -0.25) is 0 Å². The number of hydrogen-bond acceptors (Lipinski definition) is 6. The van der Waals surface area contributed by atoms with E-state index in [0.717, 1.165) is 41.6 Å². The van der Waals surface area contributed by atoms with Gasteiger partial charge in [-0.2, -0.15) is 4.98 Å². The van der Waals surface area contributed by atoms with Gasteiger partial charge in [-0.05, 0) is 61.7 Å². The summed E-state index contributed by atoms with van der Waals surface area (Å²) in [5.41, 5.74) is 4.34. The fourth-order valence-electron chi connectivity index (χ4n) is 3.51. The first-order valence-electron chi connectivity index (χ1n) is 10.0. The minimum atomic E-state index is 0.594. The average molecular weight is 390 g/mol. The van der Waals surface area contributed by atoms with Crippen LogP contribution in [0.4, 0.5) is 23.1 Å². The first-order valence-corrected chi connectivity index (χ1v) is 10.0. The molecule has 1 aromatic heterocycles. The van der Waals surface area contributed by atoms with Crippen molar-refractivity contribution in [3.63, 3.8) is 0 Å². The van der Waals surface area contributed by atoms with Gasteiger partial charge in [-0.15, -0.1) is 0 Å². The topological polar surface area (TPSA) is 62.3 Å². The lowest BCUT2D eigenvalue weighted by Crippen LogP contribution is -2.17. The molecule has 6 heteroatoms. The quantitative estimate of drug-likeness (QED) is 0.608. The van der Waals surface area contributed by atoms with E-state index >= 15 is 0 Å². The van der Waals surface area contributed by atoms with Gasteiger partial charge in [-0.25, -0.2) is 4.98 Å². The molecular formula is C23H27N5O. The van der Waals surface area contributed by atoms with Gasteiger partial charge >= 0.3 is 0 Å². The van der Waals surface area contributed by atoms with Crippen molar-refractivity contribution in [2.45, 2.75) is 26.3 Å². The summed E-state index contributed by atoms with van der Waals surface area (Å²) in [5, 5.41) is 6.69. The van der Waals surface area contributed by atoms with E-state index in [9.17, 15) is 0 Å². The zero-order valence-corrected chi connectivity index (χ0v) is 17.0. The van der Waals surface area contributed by atoms with E-state index in [1.807, 2.05) is 37.3 Å². The molecule has 150 valence electrons. The van der Waals surface area contributed by atoms with E-state index in [1.165, 1.54) is 18.5 Å². The molecule has 0 unspecified atom stereocenters. The van der Waals surface area contributed by atoms with Gasteiger partial charge in [0.05, 0.1) is 7.11 Å². The molecule has 2 N–H and O–H groups in total. The minimum absolute atomic E-state index is 0.594. The lowest BCUT2D eigenvalue weighted by molar-refractivity contribution is 0.414. The molecule has 0 spiro atoms. The Morgan fingerprint density at radius 2 is 1.69 bits per heavy atom. The lowest BCUT2D eigenvalue weighted by atomic mass is 10.2. The standard InChI is InChI=1S/C23H27N5O/c1-17-15-22(24-16-18-5-11-21(29-2)12-6-18)27-23(25-17)26-19-7-9-20(10-8-19)28-13-3-4-14-28/h5-12,15H,3-4,13-14,16H2,1-2H3,(H2,24,25,26,27). The van der Waals surface area contributed by atoms with Crippen LogP contribution in [0, 0.1) is 6.92 Å². The van der Waals surface area contributed by atoms with Crippen LogP contribution in [0.3, 0.4) is 0 Å². The molecule has 1 saturated heterocycles. The maximum Gasteiger partial charge on any atom is 0.229 e. The second-order valence-electron chi connectivity index (χ2n) is 7.29. The molecule has 1 aliphatic heterocycles. The van der Waals surface area contributed by atoms with Crippen LogP contribution in [0.15, 0.2) is 54.6 Å². The van der Waals surface area contributed by atoms with E-state index < -0.39 is 0 Å². The van der Waals surface area contributed by atoms with Crippen LogP contribution in [0.5, 0.6) is 5.75 Å². The van der Waals surface area contributed by atoms with Crippen LogP contribution in [0.2, 0.25) is 0 Å². The van der Waals surface area contributed by atoms with E-state index in [4.69, 9.17) is 4.74 Å². The predicted molar refractivity (Wildman–Crippen MR) is 118 cm³/mol. The molecule has 1 aliphatic rings. The molecule has 0 radical (unpaired) electrons. The van der Waals surface area contributed by atoms with E-state index in [2.05, 4.69) is 49.8 Å². The van der Waals surface area contributed by atoms with Crippen LogP contribution < -0.4 is 20.3 Å². The largest absolute Gasteiger partial charge is 0.497 e. The average Bonchev–Trinajstić information content (AvgIpc) is 3.28. The molecular weight excluding hydrogens is 362 g/mol. The second kappa shape index (κ2) is 8.82. The fraction of sp³-hybridized carbons (Fsp3) is 0.304. The Morgan fingerprint density at radius 3 is 2.38 bits per heavy atom. The number of aromatic nitrogens is 2. The monoisotopic (exact) mass is 389 g/mol. The Labute approximate surface area is 172 Å². The van der Waals surface area contributed by atoms with Crippen LogP contribution in [-0.2, 0) is 6.54 Å². The third kappa shape index (κ3) is 4.96. The first kappa shape index (κ1) is 19.1. The fourth-order valence-corrected chi connectivity index (χ4v) is 3.51. The van der Waals surface area contributed by atoms with Crippen molar-refractivity contribution in [2.24, 2.45) is 0 Å². The summed E-state index contributed by atoms with van der Waals surface area (Å²) in [6.07, 6.45) is 2.56. The van der Waals surface area contributed by atoms with Crippen molar-refractivity contribution >= 4 is 23.1 Å². The Kier molecular flexibility index (Phi) is 5.79. The summed E-state index contributed by atoms with van der Waals surface area (Å²) in [6, 6.07) is 18.4. The molecule has 6 nitrogen and oxygen atoms in total. The summed E-state index contributed by atoms with van der Waals surface area (Å²) in [6.45, 7) is 4.96. The molecule has 0 aliphatic carbocycles. The Bertz CT molecular complexity index is 934. The third-order valence-electron chi connectivity index (χ3n) is 5.08. The smallest absolute Gasteiger partial charge is 0.229 e. The molecule has 0 atom stereocenters. The molecule has 0 amide bonds. The molecule has 1 fully saturated rings. The number of nitrogens with zero attached hydrogens (tertiary/aromatic N) is 3. The number of rotatable bonds is 7. The number of nitrogens with one attached hydrogen (secondary N) is 2.